The minimum absolute atomic E-state index is 0.0923. The van der Waals surface area contributed by atoms with Crippen LogP contribution >= 0.6 is 11.6 Å². The summed E-state index contributed by atoms with van der Waals surface area (Å²) in [6.07, 6.45) is 1.14. The average Bonchev–Trinajstić information content (AvgIpc) is 3.07. The Morgan fingerprint density at radius 1 is 1.24 bits per heavy atom. The highest BCUT2D eigenvalue weighted by Gasteiger charge is 2.09. The van der Waals surface area contributed by atoms with Crippen molar-refractivity contribution in [3.63, 3.8) is 0 Å². The maximum atomic E-state index is 13.6. The first-order chi connectivity index (χ1) is 12.1. The average molecular weight is 359 g/mol. The molecule has 1 amide bonds. The van der Waals surface area contributed by atoms with Crippen molar-refractivity contribution in [2.45, 2.75) is 6.54 Å². The predicted octanol–water partition coefficient (Wildman–Crippen LogP) is 2.28. The lowest BCUT2D eigenvalue weighted by atomic mass is 10.2. The van der Waals surface area contributed by atoms with Crippen LogP contribution in [0, 0.1) is 5.82 Å². The number of rotatable bonds is 5. The van der Waals surface area contributed by atoms with Gasteiger partial charge in [-0.05, 0) is 17.3 Å². The molecule has 25 heavy (non-hydrogen) atoms. The number of aromatic nitrogens is 4. The first kappa shape index (κ1) is 16.7. The normalized spacial score (nSPS) is 11.0. The summed E-state index contributed by atoms with van der Waals surface area (Å²) in [5.41, 5.74) is 3.14. The second-order valence-electron chi connectivity index (χ2n) is 4.94. The molecule has 3 aromatic rings. The zero-order valence-electron chi connectivity index (χ0n) is 12.8. The molecule has 0 saturated carbocycles. The molecule has 0 unspecified atom stereocenters. The van der Waals surface area contributed by atoms with E-state index in [1.54, 1.807) is 0 Å². The molecule has 0 aliphatic carbocycles. The third kappa shape index (κ3) is 4.24. The fraction of sp³-hybridized carbons (Fsp3) is 0.0625. The van der Waals surface area contributed by atoms with Gasteiger partial charge < -0.3 is 0 Å². The molecule has 2 aromatic carbocycles. The van der Waals surface area contributed by atoms with Crippen LogP contribution in [0.15, 0.2) is 53.6 Å². The lowest BCUT2D eigenvalue weighted by Gasteiger charge is -2.00. The molecule has 1 heterocycles. The number of halogens is 2. The van der Waals surface area contributed by atoms with Crippen molar-refractivity contribution < 1.29 is 9.18 Å². The molecule has 1 aromatic heterocycles. The van der Waals surface area contributed by atoms with Gasteiger partial charge in [0.2, 0.25) is 5.82 Å². The molecule has 0 radical (unpaired) electrons. The van der Waals surface area contributed by atoms with Gasteiger partial charge in [-0.3, -0.25) is 4.79 Å². The van der Waals surface area contributed by atoms with E-state index < -0.39 is 11.7 Å². The fourth-order valence-electron chi connectivity index (χ4n) is 1.98. The van der Waals surface area contributed by atoms with Crippen molar-refractivity contribution in [2.24, 2.45) is 5.10 Å². The molecule has 0 aliphatic rings. The maximum absolute atomic E-state index is 13.6. The summed E-state index contributed by atoms with van der Waals surface area (Å²) in [4.78, 5) is 13.0. The van der Waals surface area contributed by atoms with Gasteiger partial charge in [-0.2, -0.15) is 9.90 Å². The van der Waals surface area contributed by atoms with Crippen molar-refractivity contribution in [3.8, 4) is 11.4 Å². The fourth-order valence-corrected chi connectivity index (χ4v) is 2.19. The number of hydrazone groups is 1. The van der Waals surface area contributed by atoms with Gasteiger partial charge >= 0.3 is 0 Å². The van der Waals surface area contributed by atoms with E-state index >= 15 is 0 Å². The van der Waals surface area contributed by atoms with Crippen molar-refractivity contribution >= 4 is 23.7 Å². The number of carbonyl (C=O) groups excluding carboxylic acids is 1. The Hall–Kier alpha value is -3.13. The van der Waals surface area contributed by atoms with Crippen LogP contribution in [0.25, 0.3) is 11.4 Å². The first-order valence-electron chi connectivity index (χ1n) is 7.22. The lowest BCUT2D eigenvalue weighted by Crippen LogP contribution is -2.24. The molecule has 7 nitrogen and oxygen atoms in total. The summed E-state index contributed by atoms with van der Waals surface area (Å²) in [7, 11) is 0. The van der Waals surface area contributed by atoms with Crippen LogP contribution in [0.4, 0.5) is 4.39 Å². The quantitative estimate of drug-likeness (QED) is 0.560. The molecule has 9 heteroatoms. The smallest absolute Gasteiger partial charge is 0.263 e. The number of carbonyl (C=O) groups is 1. The van der Waals surface area contributed by atoms with Gasteiger partial charge in [-0.25, -0.2) is 9.82 Å². The summed E-state index contributed by atoms with van der Waals surface area (Å²) < 4.78 is 13.6. The summed E-state index contributed by atoms with van der Waals surface area (Å²) >= 11 is 5.86. The van der Waals surface area contributed by atoms with Gasteiger partial charge in [0.05, 0.1) is 11.2 Å². The maximum Gasteiger partial charge on any atom is 0.263 e. The SMILES string of the molecule is O=C(Cn1nnc(-c2ccccc2)n1)N/N=C/c1c(F)cccc1Cl. The van der Waals surface area contributed by atoms with Gasteiger partial charge in [0.25, 0.3) is 5.91 Å². The van der Waals surface area contributed by atoms with E-state index in [1.165, 1.54) is 18.2 Å². The van der Waals surface area contributed by atoms with E-state index in [0.717, 1.165) is 16.6 Å². The van der Waals surface area contributed by atoms with Crippen LogP contribution in [-0.2, 0) is 11.3 Å². The molecule has 126 valence electrons. The Bertz CT molecular complexity index is 892. The van der Waals surface area contributed by atoms with Gasteiger partial charge in [0.15, 0.2) is 0 Å². The molecule has 0 atom stereocenters. The van der Waals surface area contributed by atoms with Crippen LogP contribution in [0.1, 0.15) is 5.56 Å². The second-order valence-corrected chi connectivity index (χ2v) is 5.35. The topological polar surface area (TPSA) is 85.1 Å². The van der Waals surface area contributed by atoms with Crippen molar-refractivity contribution in [1.29, 1.82) is 0 Å². The summed E-state index contributed by atoms with van der Waals surface area (Å²) in [6, 6.07) is 13.5. The third-order valence-corrected chi connectivity index (χ3v) is 3.48. The zero-order valence-corrected chi connectivity index (χ0v) is 13.6. The Labute approximate surface area is 147 Å². The molecular formula is C16H12ClFN6O. The Kier molecular flexibility index (Phi) is 5.10. The molecular weight excluding hydrogens is 347 g/mol. The van der Waals surface area contributed by atoms with E-state index in [-0.39, 0.29) is 17.1 Å². The molecule has 0 spiro atoms. The number of nitrogens with zero attached hydrogens (tertiary/aromatic N) is 5. The summed E-state index contributed by atoms with van der Waals surface area (Å²) in [5, 5.41) is 15.7. The number of hydrogen-bond donors (Lipinski definition) is 1. The van der Waals surface area contributed by atoms with E-state index in [4.69, 9.17) is 11.6 Å². The van der Waals surface area contributed by atoms with Gasteiger partial charge in [-0.1, -0.05) is 48.0 Å². The third-order valence-electron chi connectivity index (χ3n) is 3.15. The lowest BCUT2D eigenvalue weighted by molar-refractivity contribution is -0.122. The van der Waals surface area contributed by atoms with Crippen LogP contribution in [0.3, 0.4) is 0 Å². The summed E-state index contributed by atoms with van der Waals surface area (Å²) in [5.74, 6) is -0.605. The van der Waals surface area contributed by atoms with Crippen LogP contribution in [-0.4, -0.2) is 32.3 Å². The van der Waals surface area contributed by atoms with Crippen molar-refractivity contribution in [3.05, 3.63) is 64.9 Å². The van der Waals surface area contributed by atoms with E-state index in [2.05, 4.69) is 25.9 Å². The Morgan fingerprint density at radius 2 is 2.04 bits per heavy atom. The minimum atomic E-state index is -0.532. The molecule has 1 N–H and O–H groups in total. The zero-order chi connectivity index (χ0) is 17.6. The van der Waals surface area contributed by atoms with Crippen LogP contribution in [0.2, 0.25) is 5.02 Å². The summed E-state index contributed by atoms with van der Waals surface area (Å²) in [6.45, 7) is -0.178. The van der Waals surface area contributed by atoms with E-state index in [9.17, 15) is 9.18 Å². The number of amides is 1. The van der Waals surface area contributed by atoms with Crippen LogP contribution in [0.5, 0.6) is 0 Å². The Balaban J connectivity index is 1.60. The first-order valence-corrected chi connectivity index (χ1v) is 7.60. The molecule has 0 saturated heterocycles. The number of benzene rings is 2. The van der Waals surface area contributed by atoms with Crippen LogP contribution < -0.4 is 5.43 Å². The highest BCUT2D eigenvalue weighted by Crippen LogP contribution is 2.16. The predicted molar refractivity (Wildman–Crippen MR) is 90.4 cm³/mol. The van der Waals surface area contributed by atoms with Gasteiger partial charge in [-0.15, -0.1) is 10.2 Å². The van der Waals surface area contributed by atoms with Gasteiger partial charge in [0, 0.05) is 11.1 Å². The Morgan fingerprint density at radius 3 is 2.80 bits per heavy atom. The minimum Gasteiger partial charge on any atom is -0.271 e. The second kappa shape index (κ2) is 7.63. The van der Waals surface area contributed by atoms with Gasteiger partial charge in [0.1, 0.15) is 12.4 Å². The molecule has 0 fully saturated rings. The molecule has 3 rings (SSSR count). The number of hydrogen-bond acceptors (Lipinski definition) is 5. The standard InChI is InChI=1S/C16H12ClFN6O/c17-13-7-4-8-14(18)12(13)9-19-20-15(25)10-24-22-16(21-23-24)11-5-2-1-3-6-11/h1-9H,10H2,(H,20,25)/b19-9+. The van der Waals surface area contributed by atoms with Crippen molar-refractivity contribution in [2.75, 3.05) is 0 Å². The highest BCUT2D eigenvalue weighted by molar-refractivity contribution is 6.33. The molecule has 0 bridgehead atoms. The highest BCUT2D eigenvalue weighted by atomic mass is 35.5. The number of tetrazole rings is 1. The molecule has 0 aliphatic heterocycles. The largest absolute Gasteiger partial charge is 0.271 e. The van der Waals surface area contributed by atoms with E-state index in [0.29, 0.717) is 5.82 Å². The monoisotopic (exact) mass is 358 g/mol. The van der Waals surface area contributed by atoms with Crippen molar-refractivity contribution in [1.82, 2.24) is 25.6 Å². The number of nitrogens with one attached hydrogen (secondary N) is 1. The van der Waals surface area contributed by atoms with E-state index in [1.807, 2.05) is 30.3 Å².